The lowest BCUT2D eigenvalue weighted by Crippen LogP contribution is -2.35. The van der Waals surface area contributed by atoms with E-state index in [-0.39, 0.29) is 5.54 Å². The van der Waals surface area contributed by atoms with Crippen molar-refractivity contribution in [2.45, 2.75) is 84.2 Å². The molecule has 1 aliphatic rings. The molecule has 2 rings (SSSR count). The largest absolute Gasteiger partial charge is 0.307 e. The average Bonchev–Trinajstić information content (AvgIpc) is 2.94. The van der Waals surface area contributed by atoms with Crippen molar-refractivity contribution >= 4 is 11.3 Å². The van der Waals surface area contributed by atoms with Crippen LogP contribution in [0, 0.1) is 0 Å². The molecular formula is C16H28N2S. The summed E-state index contributed by atoms with van der Waals surface area (Å²) in [6.07, 6.45) is 5.46. The van der Waals surface area contributed by atoms with E-state index in [4.69, 9.17) is 4.98 Å². The first-order chi connectivity index (χ1) is 8.87. The van der Waals surface area contributed by atoms with Gasteiger partial charge in [0.2, 0.25) is 0 Å². The second kappa shape index (κ2) is 5.92. The van der Waals surface area contributed by atoms with Gasteiger partial charge in [0, 0.05) is 22.9 Å². The third kappa shape index (κ3) is 4.03. The SMILES string of the molecule is CC(C)c1nc(C2CCCC2)sc1CNC(C)(C)C. The van der Waals surface area contributed by atoms with Crippen LogP contribution in [0.15, 0.2) is 0 Å². The standard InChI is InChI=1S/C16H28N2S/c1-11(2)14-13(10-17-16(3,4)5)19-15(18-14)12-8-6-7-9-12/h11-12,17H,6-10H2,1-5H3. The van der Waals surface area contributed by atoms with Crippen LogP contribution in [0.2, 0.25) is 0 Å². The second-order valence-electron chi connectivity index (χ2n) is 7.10. The van der Waals surface area contributed by atoms with Crippen LogP contribution in [0.5, 0.6) is 0 Å². The molecule has 0 spiro atoms. The molecule has 0 saturated heterocycles. The second-order valence-corrected chi connectivity index (χ2v) is 8.22. The van der Waals surface area contributed by atoms with Crippen molar-refractivity contribution in [3.05, 3.63) is 15.6 Å². The summed E-state index contributed by atoms with van der Waals surface area (Å²) in [6, 6.07) is 0. The Morgan fingerprint density at radius 3 is 2.42 bits per heavy atom. The van der Waals surface area contributed by atoms with Crippen molar-refractivity contribution in [3.8, 4) is 0 Å². The molecule has 1 fully saturated rings. The van der Waals surface area contributed by atoms with Gasteiger partial charge in [0.05, 0.1) is 10.7 Å². The Hall–Kier alpha value is -0.410. The molecule has 0 amide bonds. The lowest BCUT2D eigenvalue weighted by atomic mass is 10.1. The first-order valence-corrected chi connectivity index (χ1v) is 8.43. The molecule has 19 heavy (non-hydrogen) atoms. The summed E-state index contributed by atoms with van der Waals surface area (Å²) in [5, 5.41) is 5.00. The zero-order chi connectivity index (χ0) is 14.0. The molecule has 0 bridgehead atoms. The third-order valence-corrected chi connectivity index (χ3v) is 5.01. The molecular weight excluding hydrogens is 252 g/mol. The Morgan fingerprint density at radius 2 is 1.89 bits per heavy atom. The molecule has 0 atom stereocenters. The quantitative estimate of drug-likeness (QED) is 0.856. The minimum atomic E-state index is 0.172. The molecule has 108 valence electrons. The third-order valence-electron chi connectivity index (χ3n) is 3.77. The number of hydrogen-bond donors (Lipinski definition) is 1. The van der Waals surface area contributed by atoms with Crippen LogP contribution in [0.1, 0.15) is 87.7 Å². The molecule has 1 saturated carbocycles. The Kier molecular flexibility index (Phi) is 4.67. The van der Waals surface area contributed by atoms with Crippen LogP contribution in [0.4, 0.5) is 0 Å². The van der Waals surface area contributed by atoms with Crippen LogP contribution in [0.25, 0.3) is 0 Å². The maximum absolute atomic E-state index is 4.97. The van der Waals surface area contributed by atoms with Crippen LogP contribution in [-0.2, 0) is 6.54 Å². The lowest BCUT2D eigenvalue weighted by molar-refractivity contribution is 0.425. The van der Waals surface area contributed by atoms with Gasteiger partial charge < -0.3 is 5.32 Å². The predicted molar refractivity (Wildman–Crippen MR) is 84.0 cm³/mol. The number of aromatic nitrogens is 1. The molecule has 1 N–H and O–H groups in total. The highest BCUT2D eigenvalue weighted by molar-refractivity contribution is 7.11. The minimum Gasteiger partial charge on any atom is -0.307 e. The van der Waals surface area contributed by atoms with Gasteiger partial charge in [0.15, 0.2) is 0 Å². The molecule has 1 aliphatic carbocycles. The van der Waals surface area contributed by atoms with E-state index in [2.05, 4.69) is 39.9 Å². The smallest absolute Gasteiger partial charge is 0.0962 e. The summed E-state index contributed by atoms with van der Waals surface area (Å²) < 4.78 is 0. The Morgan fingerprint density at radius 1 is 1.26 bits per heavy atom. The summed E-state index contributed by atoms with van der Waals surface area (Å²) in [5.74, 6) is 1.27. The zero-order valence-electron chi connectivity index (χ0n) is 13.0. The fraction of sp³-hybridized carbons (Fsp3) is 0.812. The zero-order valence-corrected chi connectivity index (χ0v) is 13.9. The van der Waals surface area contributed by atoms with Gasteiger partial charge in [0.1, 0.15) is 0 Å². The monoisotopic (exact) mass is 280 g/mol. The van der Waals surface area contributed by atoms with E-state index < -0.39 is 0 Å². The van der Waals surface area contributed by atoms with Gasteiger partial charge in [-0.1, -0.05) is 26.7 Å². The molecule has 1 aromatic heterocycles. The number of rotatable bonds is 4. The molecule has 0 radical (unpaired) electrons. The van der Waals surface area contributed by atoms with Crippen molar-refractivity contribution in [3.63, 3.8) is 0 Å². The van der Waals surface area contributed by atoms with Crippen LogP contribution in [0.3, 0.4) is 0 Å². The minimum absolute atomic E-state index is 0.172. The van der Waals surface area contributed by atoms with Gasteiger partial charge in [-0.05, 0) is 39.5 Å². The van der Waals surface area contributed by atoms with Gasteiger partial charge in [-0.2, -0.15) is 0 Å². The summed E-state index contributed by atoms with van der Waals surface area (Å²) in [6.45, 7) is 12.1. The van der Waals surface area contributed by atoms with E-state index >= 15 is 0 Å². The Bertz CT molecular complexity index is 409. The van der Waals surface area contributed by atoms with Crippen molar-refractivity contribution in [1.82, 2.24) is 10.3 Å². The molecule has 0 unspecified atom stereocenters. The fourth-order valence-corrected chi connectivity index (χ4v) is 3.98. The summed E-state index contributed by atoms with van der Waals surface area (Å²) in [5.41, 5.74) is 1.50. The highest BCUT2D eigenvalue weighted by Crippen LogP contribution is 2.38. The van der Waals surface area contributed by atoms with Gasteiger partial charge >= 0.3 is 0 Å². The van der Waals surface area contributed by atoms with Crippen molar-refractivity contribution < 1.29 is 0 Å². The molecule has 1 aromatic rings. The van der Waals surface area contributed by atoms with E-state index in [1.165, 1.54) is 41.3 Å². The van der Waals surface area contributed by atoms with Gasteiger partial charge in [0.25, 0.3) is 0 Å². The molecule has 3 heteroatoms. The molecule has 0 aromatic carbocycles. The normalized spacial score (nSPS) is 17.6. The highest BCUT2D eigenvalue weighted by Gasteiger charge is 2.24. The van der Waals surface area contributed by atoms with Crippen molar-refractivity contribution in [2.24, 2.45) is 0 Å². The molecule has 0 aliphatic heterocycles. The number of nitrogens with one attached hydrogen (secondary N) is 1. The average molecular weight is 280 g/mol. The summed E-state index contributed by atoms with van der Waals surface area (Å²) in [7, 11) is 0. The van der Waals surface area contributed by atoms with E-state index in [0.717, 1.165) is 12.5 Å². The first kappa shape index (κ1) is 15.0. The summed E-state index contributed by atoms with van der Waals surface area (Å²) in [4.78, 5) is 6.42. The van der Waals surface area contributed by atoms with Gasteiger partial charge in [-0.15, -0.1) is 11.3 Å². The van der Waals surface area contributed by atoms with Crippen LogP contribution < -0.4 is 5.32 Å². The summed E-state index contributed by atoms with van der Waals surface area (Å²) >= 11 is 1.95. The van der Waals surface area contributed by atoms with E-state index in [1.54, 1.807) is 0 Å². The van der Waals surface area contributed by atoms with Crippen molar-refractivity contribution in [1.29, 1.82) is 0 Å². The maximum atomic E-state index is 4.97. The Labute approximate surface area is 122 Å². The number of nitrogens with zero attached hydrogens (tertiary/aromatic N) is 1. The van der Waals surface area contributed by atoms with Crippen molar-refractivity contribution in [2.75, 3.05) is 0 Å². The molecule has 1 heterocycles. The van der Waals surface area contributed by atoms with Crippen LogP contribution >= 0.6 is 11.3 Å². The molecule has 2 nitrogen and oxygen atoms in total. The number of thiazole rings is 1. The van der Waals surface area contributed by atoms with E-state index in [1.807, 2.05) is 11.3 Å². The lowest BCUT2D eigenvalue weighted by Gasteiger charge is -2.20. The van der Waals surface area contributed by atoms with Gasteiger partial charge in [-0.25, -0.2) is 4.98 Å². The number of hydrogen-bond acceptors (Lipinski definition) is 3. The highest BCUT2D eigenvalue weighted by atomic mass is 32.1. The Balaban J connectivity index is 2.15. The maximum Gasteiger partial charge on any atom is 0.0962 e. The van der Waals surface area contributed by atoms with Crippen LogP contribution in [-0.4, -0.2) is 10.5 Å². The van der Waals surface area contributed by atoms with Gasteiger partial charge in [-0.3, -0.25) is 0 Å². The predicted octanol–water partition coefficient (Wildman–Crippen LogP) is 4.81. The van der Waals surface area contributed by atoms with E-state index in [9.17, 15) is 0 Å². The first-order valence-electron chi connectivity index (χ1n) is 7.61. The topological polar surface area (TPSA) is 24.9 Å². The fourth-order valence-electron chi connectivity index (χ4n) is 2.65. The van der Waals surface area contributed by atoms with E-state index in [0.29, 0.717) is 5.92 Å².